The summed E-state index contributed by atoms with van der Waals surface area (Å²) in [6.45, 7) is 7.29. The van der Waals surface area contributed by atoms with Crippen molar-refractivity contribution in [1.82, 2.24) is 20.5 Å². The summed E-state index contributed by atoms with van der Waals surface area (Å²) >= 11 is 1.21. The Morgan fingerprint density at radius 1 is 1.24 bits per heavy atom. The molecule has 3 rings (SSSR count). The van der Waals surface area contributed by atoms with Gasteiger partial charge >= 0.3 is 0 Å². The van der Waals surface area contributed by atoms with Gasteiger partial charge in [0.15, 0.2) is 0 Å². The SMILES string of the molecule is Cc1cc(C)c(C)c(OCCCNC(=O)CSc2nnc(-c3cccnc3)o2)c1. The summed E-state index contributed by atoms with van der Waals surface area (Å²) in [5.74, 6) is 1.43. The van der Waals surface area contributed by atoms with Gasteiger partial charge in [-0.3, -0.25) is 9.78 Å². The molecule has 0 aliphatic carbocycles. The van der Waals surface area contributed by atoms with E-state index in [2.05, 4.69) is 47.3 Å². The summed E-state index contributed by atoms with van der Waals surface area (Å²) in [5.41, 5.74) is 4.30. The standard InChI is InChI=1S/C21H24N4O3S/c1-14-10-15(2)16(3)18(11-14)27-9-5-8-23-19(26)13-29-21-25-24-20(28-21)17-6-4-7-22-12-17/h4,6-7,10-12H,5,8-9,13H2,1-3H3,(H,23,26). The first-order chi connectivity index (χ1) is 14.0. The Balaban J connectivity index is 1.35. The molecule has 0 bridgehead atoms. The third-order valence-electron chi connectivity index (χ3n) is 4.31. The highest BCUT2D eigenvalue weighted by molar-refractivity contribution is 7.99. The second-order valence-corrected chi connectivity index (χ2v) is 7.59. The molecule has 0 atom stereocenters. The normalized spacial score (nSPS) is 10.7. The molecule has 0 fully saturated rings. The van der Waals surface area contributed by atoms with Crippen LogP contribution >= 0.6 is 11.8 Å². The summed E-state index contributed by atoms with van der Waals surface area (Å²) < 4.78 is 11.4. The van der Waals surface area contributed by atoms with Crippen molar-refractivity contribution in [3.05, 3.63) is 53.3 Å². The Hall–Kier alpha value is -2.87. The number of rotatable bonds is 9. The van der Waals surface area contributed by atoms with Crippen LogP contribution in [0.15, 0.2) is 46.3 Å². The third kappa shape index (κ3) is 6.05. The molecule has 1 amide bonds. The number of aromatic nitrogens is 3. The number of carbonyl (C=O) groups excluding carboxylic acids is 1. The number of thioether (sulfide) groups is 1. The van der Waals surface area contributed by atoms with Crippen molar-refractivity contribution in [3.8, 4) is 17.2 Å². The van der Waals surface area contributed by atoms with E-state index in [1.54, 1.807) is 18.5 Å². The number of benzene rings is 1. The fraction of sp³-hybridized carbons (Fsp3) is 0.333. The Kier molecular flexibility index (Phi) is 7.24. The summed E-state index contributed by atoms with van der Waals surface area (Å²) in [6.07, 6.45) is 4.05. The summed E-state index contributed by atoms with van der Waals surface area (Å²) in [4.78, 5) is 16.0. The van der Waals surface area contributed by atoms with Crippen LogP contribution in [0.4, 0.5) is 0 Å². The lowest BCUT2D eigenvalue weighted by Crippen LogP contribution is -2.27. The van der Waals surface area contributed by atoms with Crippen LogP contribution in [0, 0.1) is 20.8 Å². The Morgan fingerprint density at radius 2 is 2.10 bits per heavy atom. The number of carbonyl (C=O) groups is 1. The Morgan fingerprint density at radius 3 is 2.90 bits per heavy atom. The van der Waals surface area contributed by atoms with Gasteiger partial charge in [0.25, 0.3) is 5.22 Å². The first-order valence-corrected chi connectivity index (χ1v) is 10.4. The molecule has 29 heavy (non-hydrogen) atoms. The maximum atomic E-state index is 12.0. The van der Waals surface area contributed by atoms with Gasteiger partial charge in [0, 0.05) is 18.9 Å². The Labute approximate surface area is 174 Å². The van der Waals surface area contributed by atoms with Crippen LogP contribution < -0.4 is 10.1 Å². The highest BCUT2D eigenvalue weighted by atomic mass is 32.2. The molecule has 152 valence electrons. The van der Waals surface area contributed by atoms with Gasteiger partial charge in [-0.2, -0.15) is 0 Å². The fourth-order valence-electron chi connectivity index (χ4n) is 2.69. The zero-order chi connectivity index (χ0) is 20.6. The number of hydrogen-bond donors (Lipinski definition) is 1. The van der Waals surface area contributed by atoms with Gasteiger partial charge in [0.1, 0.15) is 5.75 Å². The van der Waals surface area contributed by atoms with Crippen LogP contribution in [0.3, 0.4) is 0 Å². The second kappa shape index (κ2) is 10.1. The largest absolute Gasteiger partial charge is 0.493 e. The minimum atomic E-state index is -0.0845. The molecule has 7 nitrogen and oxygen atoms in total. The van der Waals surface area contributed by atoms with Crippen molar-refractivity contribution in [2.75, 3.05) is 18.9 Å². The van der Waals surface area contributed by atoms with Gasteiger partial charge in [-0.1, -0.05) is 17.8 Å². The number of amides is 1. The first-order valence-electron chi connectivity index (χ1n) is 9.37. The minimum Gasteiger partial charge on any atom is -0.493 e. The van der Waals surface area contributed by atoms with Crippen LogP contribution in [0.25, 0.3) is 11.5 Å². The van der Waals surface area contributed by atoms with E-state index >= 15 is 0 Å². The van der Waals surface area contributed by atoms with E-state index in [4.69, 9.17) is 9.15 Å². The monoisotopic (exact) mass is 412 g/mol. The zero-order valence-corrected chi connectivity index (χ0v) is 17.6. The van der Waals surface area contributed by atoms with Gasteiger partial charge in [-0.05, 0) is 62.1 Å². The molecule has 8 heteroatoms. The summed E-state index contributed by atoms with van der Waals surface area (Å²) in [7, 11) is 0. The lowest BCUT2D eigenvalue weighted by atomic mass is 10.1. The minimum absolute atomic E-state index is 0.0845. The van der Waals surface area contributed by atoms with Crippen molar-refractivity contribution in [2.24, 2.45) is 0 Å². The van der Waals surface area contributed by atoms with Gasteiger partial charge in [0.05, 0.1) is 17.9 Å². The lowest BCUT2D eigenvalue weighted by molar-refractivity contribution is -0.118. The molecule has 0 radical (unpaired) electrons. The van der Waals surface area contributed by atoms with Gasteiger partial charge < -0.3 is 14.5 Å². The number of ether oxygens (including phenoxy) is 1. The molecule has 2 heterocycles. The van der Waals surface area contributed by atoms with Crippen LogP contribution in [0.5, 0.6) is 5.75 Å². The second-order valence-electron chi connectivity index (χ2n) is 6.66. The average Bonchev–Trinajstić information content (AvgIpc) is 3.19. The molecule has 0 unspecified atom stereocenters. The van der Waals surface area contributed by atoms with E-state index in [-0.39, 0.29) is 11.7 Å². The number of nitrogens with zero attached hydrogens (tertiary/aromatic N) is 3. The molecular weight excluding hydrogens is 388 g/mol. The number of nitrogens with one attached hydrogen (secondary N) is 1. The number of pyridine rings is 1. The van der Waals surface area contributed by atoms with Gasteiger partial charge in [0.2, 0.25) is 11.8 Å². The van der Waals surface area contributed by atoms with E-state index in [9.17, 15) is 4.79 Å². The molecule has 3 aromatic rings. The van der Waals surface area contributed by atoms with Crippen molar-refractivity contribution in [1.29, 1.82) is 0 Å². The predicted octanol–water partition coefficient (Wildman–Crippen LogP) is 3.73. The molecule has 1 N–H and O–H groups in total. The van der Waals surface area contributed by atoms with Crippen LogP contribution in [-0.4, -0.2) is 40.0 Å². The molecule has 1 aromatic carbocycles. The smallest absolute Gasteiger partial charge is 0.277 e. The van der Waals surface area contributed by atoms with Crippen molar-refractivity contribution < 1.29 is 13.9 Å². The molecule has 0 aliphatic rings. The number of aryl methyl sites for hydroxylation is 2. The van der Waals surface area contributed by atoms with E-state index in [1.165, 1.54) is 22.9 Å². The van der Waals surface area contributed by atoms with Gasteiger partial charge in [-0.15, -0.1) is 10.2 Å². The first kappa shape index (κ1) is 20.9. The summed E-state index contributed by atoms with van der Waals surface area (Å²) in [6, 6.07) is 7.82. The lowest BCUT2D eigenvalue weighted by Gasteiger charge is -2.12. The van der Waals surface area contributed by atoms with Crippen LogP contribution in [0.1, 0.15) is 23.1 Å². The van der Waals surface area contributed by atoms with Crippen molar-refractivity contribution >= 4 is 17.7 Å². The van der Waals surface area contributed by atoms with Crippen molar-refractivity contribution in [3.63, 3.8) is 0 Å². The molecule has 2 aromatic heterocycles. The number of hydrogen-bond acceptors (Lipinski definition) is 7. The Bertz CT molecular complexity index is 960. The third-order valence-corrected chi connectivity index (χ3v) is 5.13. The summed E-state index contributed by atoms with van der Waals surface area (Å²) in [5, 5.41) is 11.2. The zero-order valence-electron chi connectivity index (χ0n) is 16.8. The molecule has 0 spiro atoms. The molecular formula is C21H24N4O3S. The predicted molar refractivity (Wildman–Crippen MR) is 112 cm³/mol. The van der Waals surface area contributed by atoms with Crippen molar-refractivity contribution in [2.45, 2.75) is 32.4 Å². The average molecular weight is 413 g/mol. The fourth-order valence-corrected chi connectivity index (χ4v) is 3.28. The maximum Gasteiger partial charge on any atom is 0.277 e. The maximum absolute atomic E-state index is 12.0. The van der Waals surface area contributed by atoms with E-state index < -0.39 is 0 Å². The van der Waals surface area contributed by atoms with Gasteiger partial charge in [-0.25, -0.2) is 0 Å². The highest BCUT2D eigenvalue weighted by Crippen LogP contribution is 2.23. The highest BCUT2D eigenvalue weighted by Gasteiger charge is 2.11. The van der Waals surface area contributed by atoms with E-state index in [0.717, 1.165) is 23.3 Å². The molecule has 0 aliphatic heterocycles. The quantitative estimate of drug-likeness (QED) is 0.423. The topological polar surface area (TPSA) is 90.1 Å². The van der Waals surface area contributed by atoms with E-state index in [1.807, 2.05) is 12.1 Å². The van der Waals surface area contributed by atoms with E-state index in [0.29, 0.717) is 24.3 Å². The van der Waals surface area contributed by atoms with Crippen LogP contribution in [0.2, 0.25) is 0 Å². The molecule has 0 saturated carbocycles. The molecule has 0 saturated heterocycles. The van der Waals surface area contributed by atoms with Crippen LogP contribution in [-0.2, 0) is 4.79 Å².